The topological polar surface area (TPSA) is 48.5 Å². The predicted molar refractivity (Wildman–Crippen MR) is 230 cm³/mol. The molecule has 5 heteroatoms. The second-order valence-electron chi connectivity index (χ2n) is 14.1. The molecule has 5 heterocycles. The summed E-state index contributed by atoms with van der Waals surface area (Å²) in [5.41, 5.74) is 16.4. The fourth-order valence-corrected chi connectivity index (χ4v) is 8.35. The Bertz CT molecular complexity index is 3160. The molecule has 56 heavy (non-hydrogen) atoms. The normalized spacial score (nSPS) is 11.6. The molecule has 0 aliphatic heterocycles. The zero-order valence-corrected chi connectivity index (χ0v) is 30.3. The van der Waals surface area contributed by atoms with Crippen LogP contribution in [0.1, 0.15) is 0 Å². The van der Waals surface area contributed by atoms with Gasteiger partial charge >= 0.3 is 0 Å². The number of fused-ring (bicyclic) bond motifs is 6. The van der Waals surface area contributed by atoms with Crippen LogP contribution < -0.4 is 0 Å². The third-order valence-electron chi connectivity index (χ3n) is 10.9. The summed E-state index contributed by atoms with van der Waals surface area (Å²) in [5.74, 6) is 0. The average molecular weight is 716 g/mol. The molecule has 0 radical (unpaired) electrons. The van der Waals surface area contributed by atoms with Crippen LogP contribution in [-0.4, -0.2) is 24.1 Å². The maximum absolute atomic E-state index is 4.82. The molecule has 0 N–H and O–H groups in total. The third kappa shape index (κ3) is 5.21. The van der Waals surface area contributed by atoms with Crippen LogP contribution in [0, 0.1) is 0 Å². The van der Waals surface area contributed by atoms with Crippen molar-refractivity contribution in [1.29, 1.82) is 0 Å². The van der Waals surface area contributed by atoms with Gasteiger partial charge in [-0.05, 0) is 125 Å². The molecule has 0 aliphatic rings. The lowest BCUT2D eigenvalue weighted by molar-refractivity contribution is 1.17. The molecule has 11 aromatic rings. The molecule has 6 aromatic carbocycles. The Morgan fingerprint density at radius 2 is 0.929 bits per heavy atom. The van der Waals surface area contributed by atoms with Crippen LogP contribution in [0.3, 0.4) is 0 Å². The third-order valence-corrected chi connectivity index (χ3v) is 10.9. The molecule has 0 unspecified atom stereocenters. The lowest BCUT2D eigenvalue weighted by Gasteiger charge is -2.12. The van der Waals surface area contributed by atoms with Gasteiger partial charge in [-0.2, -0.15) is 0 Å². The van der Waals surface area contributed by atoms with Crippen molar-refractivity contribution in [3.63, 3.8) is 0 Å². The minimum Gasteiger partial charge on any atom is -0.309 e. The molecule has 5 nitrogen and oxygen atoms in total. The molecule has 0 saturated heterocycles. The lowest BCUT2D eigenvalue weighted by atomic mass is 9.96. The van der Waals surface area contributed by atoms with Crippen molar-refractivity contribution in [2.75, 3.05) is 0 Å². The Balaban J connectivity index is 1.06. The van der Waals surface area contributed by atoms with Crippen LogP contribution in [-0.2, 0) is 0 Å². The van der Waals surface area contributed by atoms with Crippen molar-refractivity contribution in [2.45, 2.75) is 0 Å². The molecule has 0 amide bonds. The van der Waals surface area contributed by atoms with Crippen molar-refractivity contribution in [3.8, 4) is 56.1 Å². The summed E-state index contributed by atoms with van der Waals surface area (Å²) in [6.07, 6.45) is 5.56. The highest BCUT2D eigenvalue weighted by molar-refractivity contribution is 6.17. The molecule has 11 rings (SSSR count). The van der Waals surface area contributed by atoms with E-state index in [1.807, 2.05) is 48.9 Å². The second-order valence-corrected chi connectivity index (χ2v) is 14.1. The molecule has 0 atom stereocenters. The smallest absolute Gasteiger partial charge is 0.0963 e. The first-order chi connectivity index (χ1) is 27.8. The fraction of sp³-hybridized carbons (Fsp3) is 0. The maximum atomic E-state index is 4.82. The number of aromatic nitrogens is 5. The summed E-state index contributed by atoms with van der Waals surface area (Å²) in [4.78, 5) is 14.2. The Labute approximate surface area is 323 Å². The van der Waals surface area contributed by atoms with E-state index < -0.39 is 0 Å². The van der Waals surface area contributed by atoms with Gasteiger partial charge < -0.3 is 9.13 Å². The van der Waals surface area contributed by atoms with E-state index in [0.717, 1.165) is 78.0 Å². The minimum atomic E-state index is 0.932. The van der Waals surface area contributed by atoms with Crippen LogP contribution in [0.5, 0.6) is 0 Å². The van der Waals surface area contributed by atoms with Crippen molar-refractivity contribution in [2.24, 2.45) is 0 Å². The van der Waals surface area contributed by atoms with E-state index in [9.17, 15) is 0 Å². The molecule has 0 saturated carbocycles. The minimum absolute atomic E-state index is 0.932. The van der Waals surface area contributed by atoms with E-state index in [1.165, 1.54) is 21.9 Å². The molecule has 5 aromatic heterocycles. The number of hydrogen-bond donors (Lipinski definition) is 0. The van der Waals surface area contributed by atoms with Gasteiger partial charge in [-0.15, -0.1) is 0 Å². The van der Waals surface area contributed by atoms with Crippen molar-refractivity contribution >= 4 is 43.7 Å². The van der Waals surface area contributed by atoms with Gasteiger partial charge in [0, 0.05) is 57.3 Å². The van der Waals surface area contributed by atoms with Gasteiger partial charge in [0.25, 0.3) is 0 Å². The highest BCUT2D eigenvalue weighted by Gasteiger charge is 2.19. The van der Waals surface area contributed by atoms with E-state index in [0.29, 0.717) is 0 Å². The molecular weight excluding hydrogens is 683 g/mol. The molecule has 0 fully saturated rings. The SMILES string of the molecule is c1ccc(-n2c3cc(-c4cccc5c4c4ccccc4n5-c4ccc(-c5cc(-c6ccccn6)cc(-c6ccccn6)c5)cc4)ccc3c3ncccc32)cc1. The number of benzene rings is 6. The van der Waals surface area contributed by atoms with Crippen LogP contribution in [0.4, 0.5) is 0 Å². The quantitative estimate of drug-likeness (QED) is 0.172. The highest BCUT2D eigenvalue weighted by Crippen LogP contribution is 2.41. The Morgan fingerprint density at radius 1 is 0.321 bits per heavy atom. The van der Waals surface area contributed by atoms with Crippen molar-refractivity contribution < 1.29 is 0 Å². The van der Waals surface area contributed by atoms with Crippen molar-refractivity contribution in [3.05, 3.63) is 201 Å². The van der Waals surface area contributed by atoms with E-state index in [2.05, 4.69) is 171 Å². The number of hydrogen-bond acceptors (Lipinski definition) is 3. The molecule has 0 bridgehead atoms. The van der Waals surface area contributed by atoms with Crippen LogP contribution >= 0.6 is 0 Å². The van der Waals surface area contributed by atoms with Gasteiger partial charge in [-0.3, -0.25) is 15.0 Å². The molecule has 262 valence electrons. The van der Waals surface area contributed by atoms with Crippen LogP contribution in [0.25, 0.3) is 99.9 Å². The summed E-state index contributed by atoms with van der Waals surface area (Å²) in [6, 6.07) is 64.6. The van der Waals surface area contributed by atoms with Crippen molar-refractivity contribution in [1.82, 2.24) is 24.1 Å². The second kappa shape index (κ2) is 13.0. The van der Waals surface area contributed by atoms with Gasteiger partial charge in [-0.1, -0.05) is 78.9 Å². The zero-order chi connectivity index (χ0) is 37.0. The summed E-state index contributed by atoms with van der Waals surface area (Å²) in [6.45, 7) is 0. The van der Waals surface area contributed by atoms with Crippen LogP contribution in [0.15, 0.2) is 201 Å². The molecule has 0 spiro atoms. The Hall–Kier alpha value is -7.63. The van der Waals surface area contributed by atoms with Gasteiger partial charge in [0.2, 0.25) is 0 Å². The summed E-state index contributed by atoms with van der Waals surface area (Å²) >= 11 is 0. The number of nitrogens with zero attached hydrogens (tertiary/aromatic N) is 5. The highest BCUT2D eigenvalue weighted by atomic mass is 15.0. The summed E-state index contributed by atoms with van der Waals surface area (Å²) in [5, 5.41) is 3.59. The maximum Gasteiger partial charge on any atom is 0.0963 e. The predicted octanol–water partition coefficient (Wildman–Crippen LogP) is 12.7. The van der Waals surface area contributed by atoms with Gasteiger partial charge in [-0.25, -0.2) is 0 Å². The summed E-state index contributed by atoms with van der Waals surface area (Å²) < 4.78 is 4.72. The molecular formula is C51H33N5. The van der Waals surface area contributed by atoms with E-state index in [4.69, 9.17) is 4.98 Å². The monoisotopic (exact) mass is 715 g/mol. The fourth-order valence-electron chi connectivity index (χ4n) is 8.35. The number of pyridine rings is 3. The lowest BCUT2D eigenvalue weighted by Crippen LogP contribution is -1.94. The largest absolute Gasteiger partial charge is 0.309 e. The van der Waals surface area contributed by atoms with Gasteiger partial charge in [0.1, 0.15) is 0 Å². The Kier molecular flexibility index (Phi) is 7.42. The first kappa shape index (κ1) is 31.9. The van der Waals surface area contributed by atoms with E-state index in [-0.39, 0.29) is 0 Å². The Morgan fingerprint density at radius 3 is 1.68 bits per heavy atom. The first-order valence-corrected chi connectivity index (χ1v) is 18.8. The van der Waals surface area contributed by atoms with Crippen LogP contribution in [0.2, 0.25) is 0 Å². The average Bonchev–Trinajstić information content (AvgIpc) is 3.80. The number of rotatable bonds is 6. The first-order valence-electron chi connectivity index (χ1n) is 18.8. The standard InChI is InChI=1S/C51H33N5/c1-2-12-39(13-3-1)56-48-20-11-29-54-51(48)43-26-23-35(33-49(43)56)41-15-10-19-47-50(41)42-14-4-5-18-46(42)55(47)40-24-21-34(22-25-40)36-30-37(44-16-6-8-27-52-44)32-38(31-36)45-17-7-9-28-53-45/h1-33H. The van der Waals surface area contributed by atoms with Gasteiger partial charge in [0.15, 0.2) is 0 Å². The molecule has 0 aliphatic carbocycles. The van der Waals surface area contributed by atoms with Gasteiger partial charge in [0.05, 0.1) is 39.0 Å². The summed E-state index contributed by atoms with van der Waals surface area (Å²) in [7, 11) is 0. The number of para-hydroxylation sites is 2. The van der Waals surface area contributed by atoms with E-state index in [1.54, 1.807) is 0 Å². The van der Waals surface area contributed by atoms with E-state index >= 15 is 0 Å². The zero-order valence-electron chi connectivity index (χ0n) is 30.3.